The first-order valence-corrected chi connectivity index (χ1v) is 20.4. The summed E-state index contributed by atoms with van der Waals surface area (Å²) in [5.41, 5.74) is 18.7. The predicted molar refractivity (Wildman–Crippen MR) is 244 cm³/mol. The Morgan fingerprint density at radius 2 is 1.29 bits per heavy atom. The Hall–Kier alpha value is -7.31. The van der Waals surface area contributed by atoms with Gasteiger partial charge in [0.25, 0.3) is 0 Å². The number of furan rings is 1. The monoisotopic (exact) mass is 757 g/mol. The Morgan fingerprint density at radius 3 is 2.14 bits per heavy atom. The second-order valence-corrected chi connectivity index (χ2v) is 17.1. The minimum absolute atomic E-state index is 0.0340. The molecule has 0 radical (unpaired) electrons. The Morgan fingerprint density at radius 1 is 0.542 bits per heavy atom. The second-order valence-electron chi connectivity index (χ2n) is 17.1. The van der Waals surface area contributed by atoms with Crippen molar-refractivity contribution in [3.05, 3.63) is 169 Å². The molecule has 2 aliphatic heterocycles. The fourth-order valence-electron chi connectivity index (χ4n) is 10.0. The lowest BCUT2D eigenvalue weighted by molar-refractivity contribution is 0.590. The molecular formula is C53H36BN3O2. The zero-order valence-corrected chi connectivity index (χ0v) is 32.8. The number of nitrogens with zero attached hydrogens (tertiary/aromatic N) is 3. The molecule has 0 aliphatic carbocycles. The molecule has 5 nitrogen and oxygen atoms in total. The van der Waals surface area contributed by atoms with E-state index >= 15 is 0 Å². The average molecular weight is 758 g/mol. The molecule has 3 aromatic heterocycles. The number of aromatic nitrogens is 2. The molecule has 5 heterocycles. The lowest BCUT2D eigenvalue weighted by Gasteiger charge is -2.42. The van der Waals surface area contributed by atoms with E-state index in [4.69, 9.17) is 13.8 Å². The second kappa shape index (κ2) is 11.6. The molecule has 8 aromatic carbocycles. The summed E-state index contributed by atoms with van der Waals surface area (Å²) < 4.78 is 15.6. The lowest BCUT2D eigenvalue weighted by atomic mass is 9.44. The zero-order valence-electron chi connectivity index (χ0n) is 32.8. The van der Waals surface area contributed by atoms with Crippen molar-refractivity contribution in [1.82, 2.24) is 9.55 Å². The molecule has 0 unspecified atom stereocenters. The first-order valence-electron chi connectivity index (χ1n) is 20.4. The molecule has 0 N–H and O–H groups in total. The van der Waals surface area contributed by atoms with Gasteiger partial charge in [-0.15, -0.1) is 0 Å². The van der Waals surface area contributed by atoms with E-state index in [-0.39, 0.29) is 12.3 Å². The molecular weight excluding hydrogens is 721 g/mol. The maximum atomic E-state index is 6.62. The predicted octanol–water partition coefficient (Wildman–Crippen LogP) is 12.7. The summed E-state index contributed by atoms with van der Waals surface area (Å²) >= 11 is 0. The highest BCUT2D eigenvalue weighted by Crippen LogP contribution is 2.49. The van der Waals surface area contributed by atoms with E-state index in [1.165, 1.54) is 55.2 Å². The number of para-hydroxylation sites is 3. The van der Waals surface area contributed by atoms with Gasteiger partial charge in [-0.2, -0.15) is 0 Å². The Labute approximate surface area is 340 Å². The van der Waals surface area contributed by atoms with Gasteiger partial charge < -0.3 is 18.2 Å². The van der Waals surface area contributed by atoms with Crippen molar-refractivity contribution in [2.45, 2.75) is 26.2 Å². The third-order valence-corrected chi connectivity index (χ3v) is 12.8. The maximum absolute atomic E-state index is 6.62. The highest BCUT2D eigenvalue weighted by atomic mass is 16.3. The number of benzene rings is 8. The zero-order chi connectivity index (χ0) is 39.1. The summed E-state index contributed by atoms with van der Waals surface area (Å²) in [6.45, 7) is 6.68. The van der Waals surface area contributed by atoms with E-state index in [0.717, 1.165) is 61.1 Å². The van der Waals surface area contributed by atoms with Gasteiger partial charge in [0.05, 0.1) is 11.0 Å². The first kappa shape index (κ1) is 32.7. The van der Waals surface area contributed by atoms with Crippen LogP contribution < -0.4 is 15.7 Å². The molecule has 0 spiro atoms. The standard InChI is InChI=1S/C53H36BN3O2/c1-53(2,3)33-22-24-34(25-23-33)57-44-19-11-7-15-35(44)40-28-39(32-21-26-37-36-16-9-12-20-46(36)58-47(37)27-32)49-38-17-8-10-18-43(38)56-45-30-48-42(29-41(45)54(57)50(40)51(49)56)55-52(59-48)31-13-5-4-6-14-31/h4-30H,1-3H3. The quantitative estimate of drug-likeness (QED) is 0.168. The molecule has 0 saturated heterocycles. The van der Waals surface area contributed by atoms with Crippen LogP contribution in [-0.4, -0.2) is 16.4 Å². The van der Waals surface area contributed by atoms with Gasteiger partial charge in [-0.3, -0.25) is 0 Å². The number of rotatable bonds is 3. The van der Waals surface area contributed by atoms with Crippen LogP contribution in [0.1, 0.15) is 26.3 Å². The van der Waals surface area contributed by atoms with Crippen LogP contribution in [0, 0.1) is 0 Å². The van der Waals surface area contributed by atoms with E-state index in [0.29, 0.717) is 5.89 Å². The van der Waals surface area contributed by atoms with Gasteiger partial charge >= 0.3 is 6.85 Å². The van der Waals surface area contributed by atoms with Crippen LogP contribution in [0.5, 0.6) is 0 Å². The number of hydrogen-bond donors (Lipinski definition) is 0. The molecule has 6 heteroatoms. The summed E-state index contributed by atoms with van der Waals surface area (Å²) in [5, 5.41) is 4.70. The Balaban J connectivity index is 1.16. The van der Waals surface area contributed by atoms with E-state index in [1.807, 2.05) is 24.3 Å². The minimum Gasteiger partial charge on any atom is -0.456 e. The van der Waals surface area contributed by atoms with Gasteiger partial charge in [-0.05, 0) is 105 Å². The van der Waals surface area contributed by atoms with Crippen LogP contribution in [0.3, 0.4) is 0 Å². The average Bonchev–Trinajstić information content (AvgIpc) is 3.97. The van der Waals surface area contributed by atoms with Crippen molar-refractivity contribution >= 4 is 84.0 Å². The van der Waals surface area contributed by atoms with E-state index in [1.54, 1.807) is 0 Å². The topological polar surface area (TPSA) is 47.3 Å². The van der Waals surface area contributed by atoms with Gasteiger partial charge in [-0.25, -0.2) is 4.98 Å². The van der Waals surface area contributed by atoms with Crippen LogP contribution >= 0.6 is 0 Å². The molecule has 278 valence electrons. The van der Waals surface area contributed by atoms with Crippen LogP contribution in [0.4, 0.5) is 11.4 Å². The summed E-state index contributed by atoms with van der Waals surface area (Å²) in [5.74, 6) is 0.621. The smallest absolute Gasteiger partial charge is 0.333 e. The lowest BCUT2D eigenvalue weighted by Crippen LogP contribution is -2.60. The van der Waals surface area contributed by atoms with Gasteiger partial charge in [0.2, 0.25) is 5.89 Å². The van der Waals surface area contributed by atoms with E-state index < -0.39 is 0 Å². The van der Waals surface area contributed by atoms with Crippen LogP contribution in [-0.2, 0) is 5.41 Å². The fraction of sp³-hybridized carbons (Fsp3) is 0.0755. The Kier molecular flexibility index (Phi) is 6.46. The van der Waals surface area contributed by atoms with Crippen molar-refractivity contribution in [2.24, 2.45) is 0 Å². The van der Waals surface area contributed by atoms with Gasteiger partial charge in [0.1, 0.15) is 16.7 Å². The van der Waals surface area contributed by atoms with Crippen molar-refractivity contribution in [1.29, 1.82) is 0 Å². The summed E-state index contributed by atoms with van der Waals surface area (Å²) in [7, 11) is 0. The van der Waals surface area contributed by atoms with Crippen LogP contribution in [0.15, 0.2) is 173 Å². The number of hydrogen-bond acceptors (Lipinski definition) is 4. The molecule has 0 fully saturated rings. The minimum atomic E-state index is -0.150. The van der Waals surface area contributed by atoms with Crippen LogP contribution in [0.25, 0.3) is 94.2 Å². The molecule has 13 rings (SSSR count). The third kappa shape index (κ3) is 4.54. The highest BCUT2D eigenvalue weighted by Gasteiger charge is 2.45. The third-order valence-electron chi connectivity index (χ3n) is 12.8. The molecule has 2 aliphatic rings. The van der Waals surface area contributed by atoms with Crippen molar-refractivity contribution in [3.8, 4) is 39.4 Å². The van der Waals surface area contributed by atoms with E-state index in [9.17, 15) is 0 Å². The van der Waals surface area contributed by atoms with Gasteiger partial charge in [0, 0.05) is 55.8 Å². The molecule has 0 amide bonds. The molecule has 59 heavy (non-hydrogen) atoms. The first-order chi connectivity index (χ1) is 28.9. The van der Waals surface area contributed by atoms with Crippen molar-refractivity contribution < 1.29 is 8.83 Å². The normalized spacial score (nSPS) is 13.3. The summed E-state index contributed by atoms with van der Waals surface area (Å²) in [4.78, 5) is 7.69. The molecule has 11 aromatic rings. The van der Waals surface area contributed by atoms with Crippen LogP contribution in [0.2, 0.25) is 0 Å². The highest BCUT2D eigenvalue weighted by molar-refractivity contribution is 6.94. The summed E-state index contributed by atoms with van der Waals surface area (Å²) in [6, 6.07) is 59.2. The molecule has 0 atom stereocenters. The van der Waals surface area contributed by atoms with Gasteiger partial charge in [0.15, 0.2) is 5.58 Å². The number of anilines is 2. The maximum Gasteiger partial charge on any atom is 0.333 e. The molecule has 0 bridgehead atoms. The van der Waals surface area contributed by atoms with E-state index in [2.05, 4.69) is 170 Å². The number of fused-ring (bicyclic) bond motifs is 12. The fourth-order valence-corrected chi connectivity index (χ4v) is 10.0. The Bertz CT molecular complexity index is 3550. The van der Waals surface area contributed by atoms with Crippen molar-refractivity contribution in [3.63, 3.8) is 0 Å². The summed E-state index contributed by atoms with van der Waals surface area (Å²) in [6.07, 6.45) is 0. The van der Waals surface area contributed by atoms with Crippen molar-refractivity contribution in [2.75, 3.05) is 4.81 Å². The number of oxazole rings is 1. The van der Waals surface area contributed by atoms with Gasteiger partial charge in [-0.1, -0.05) is 112 Å². The largest absolute Gasteiger partial charge is 0.456 e. The molecule has 0 saturated carbocycles. The SMILES string of the molecule is CC(C)(C)c1ccc(N2B3c4cc5nc(-c6ccccc6)oc5cc4-n4c5ccccc5c5c(-c6ccc7c(c6)oc6ccccc67)cc(c3c54)-c3ccccc32)cc1.